The van der Waals surface area contributed by atoms with E-state index in [1.165, 1.54) is 0 Å². The minimum atomic E-state index is -0.942. The van der Waals surface area contributed by atoms with Crippen LogP contribution in [0.1, 0.15) is 47.2 Å². The van der Waals surface area contributed by atoms with Gasteiger partial charge in [-0.3, -0.25) is 4.98 Å². The Morgan fingerprint density at radius 1 is 1.06 bits per heavy atom. The van der Waals surface area contributed by atoms with E-state index in [0.29, 0.717) is 34.1 Å². The van der Waals surface area contributed by atoms with Crippen molar-refractivity contribution in [2.24, 2.45) is 5.73 Å². The molecule has 1 aliphatic heterocycles. The molecule has 0 aromatic carbocycles. The van der Waals surface area contributed by atoms with Crippen molar-refractivity contribution in [3.8, 4) is 11.3 Å². The molecular formula is C25H31BrN6O4. The molecule has 2 aromatic rings. The molecule has 192 valence electrons. The highest BCUT2D eigenvalue weighted by atomic mass is 79.9. The molecule has 0 saturated carbocycles. The normalized spacial score (nSPS) is 14.1. The van der Waals surface area contributed by atoms with Crippen molar-refractivity contribution in [2.45, 2.75) is 59.7 Å². The standard InChI is InChI=1S/C25H31BrN6O4/c1-15-12-18(17-10-11-28-13-19(17)31-14-16(27)8-9-20(31)26)30-21(29-15)32(22(33)35-24(2,3)4)23(34)36-25(5,6)7/h8-13H,14,27H2,1-7H3. The number of aryl methyl sites for hydroxylation is 1. The molecule has 0 radical (unpaired) electrons. The van der Waals surface area contributed by atoms with Gasteiger partial charge in [0.15, 0.2) is 0 Å². The van der Waals surface area contributed by atoms with Crippen molar-refractivity contribution < 1.29 is 19.1 Å². The quantitative estimate of drug-likeness (QED) is 0.491. The van der Waals surface area contributed by atoms with E-state index >= 15 is 0 Å². The summed E-state index contributed by atoms with van der Waals surface area (Å²) >= 11 is 3.57. The van der Waals surface area contributed by atoms with Crippen LogP contribution in [0.3, 0.4) is 0 Å². The first-order chi connectivity index (χ1) is 16.6. The van der Waals surface area contributed by atoms with Crippen LogP contribution in [-0.4, -0.2) is 44.9 Å². The van der Waals surface area contributed by atoms with Crippen LogP contribution in [0.25, 0.3) is 11.3 Å². The summed E-state index contributed by atoms with van der Waals surface area (Å²) in [6, 6.07) is 3.55. The number of hydrogen-bond donors (Lipinski definition) is 1. The molecule has 2 aromatic heterocycles. The molecule has 36 heavy (non-hydrogen) atoms. The van der Waals surface area contributed by atoms with Gasteiger partial charge in [-0.05, 0) is 88.7 Å². The molecule has 0 atom stereocenters. The average molecular weight is 559 g/mol. The predicted molar refractivity (Wildman–Crippen MR) is 142 cm³/mol. The van der Waals surface area contributed by atoms with Crippen molar-refractivity contribution in [3.05, 3.63) is 52.7 Å². The Bertz CT molecular complexity index is 1200. The summed E-state index contributed by atoms with van der Waals surface area (Å²) in [6.45, 7) is 12.4. The van der Waals surface area contributed by atoms with Crippen LogP contribution in [0.2, 0.25) is 0 Å². The third-order valence-electron chi connectivity index (χ3n) is 4.59. The minimum Gasteiger partial charge on any atom is -0.443 e. The summed E-state index contributed by atoms with van der Waals surface area (Å²) < 4.78 is 11.7. The van der Waals surface area contributed by atoms with Gasteiger partial charge in [0.2, 0.25) is 5.95 Å². The summed E-state index contributed by atoms with van der Waals surface area (Å²) in [5.41, 5.74) is 7.45. The van der Waals surface area contributed by atoms with Crippen LogP contribution in [0.15, 0.2) is 47.0 Å². The number of carbonyl (C=O) groups is 2. The fraction of sp³-hybridized carbons (Fsp3) is 0.400. The molecule has 2 N–H and O–H groups in total. The lowest BCUT2D eigenvalue weighted by Crippen LogP contribution is -2.44. The number of aromatic nitrogens is 3. The summed E-state index contributed by atoms with van der Waals surface area (Å²) in [6.07, 6.45) is 5.11. The van der Waals surface area contributed by atoms with Crippen LogP contribution in [0, 0.1) is 6.92 Å². The monoisotopic (exact) mass is 558 g/mol. The lowest BCUT2D eigenvalue weighted by Gasteiger charge is -2.29. The van der Waals surface area contributed by atoms with Crippen LogP contribution >= 0.6 is 15.9 Å². The number of amides is 2. The molecule has 0 saturated heterocycles. The fourth-order valence-electron chi connectivity index (χ4n) is 3.24. The van der Waals surface area contributed by atoms with Crippen LogP contribution in [-0.2, 0) is 9.47 Å². The zero-order valence-corrected chi connectivity index (χ0v) is 23.1. The molecule has 0 unspecified atom stereocenters. The number of nitrogens with zero attached hydrogens (tertiary/aromatic N) is 5. The average Bonchev–Trinajstić information content (AvgIpc) is 2.72. The van der Waals surface area contributed by atoms with Gasteiger partial charge in [0.05, 0.1) is 28.7 Å². The van der Waals surface area contributed by atoms with Gasteiger partial charge < -0.3 is 20.1 Å². The van der Waals surface area contributed by atoms with E-state index < -0.39 is 23.4 Å². The summed E-state index contributed by atoms with van der Waals surface area (Å²) in [4.78, 5) is 42.1. The zero-order chi connectivity index (χ0) is 26.8. The molecule has 0 fully saturated rings. The Kier molecular flexibility index (Phi) is 7.73. The van der Waals surface area contributed by atoms with E-state index in [9.17, 15) is 9.59 Å². The van der Waals surface area contributed by atoms with Gasteiger partial charge in [-0.2, -0.15) is 0 Å². The maximum absolute atomic E-state index is 13.1. The van der Waals surface area contributed by atoms with Gasteiger partial charge in [0, 0.05) is 23.2 Å². The predicted octanol–water partition coefficient (Wildman–Crippen LogP) is 5.42. The number of imide groups is 1. The number of ether oxygens (including phenoxy) is 2. The second-order valence-corrected chi connectivity index (χ2v) is 11.0. The van der Waals surface area contributed by atoms with Gasteiger partial charge in [-0.1, -0.05) is 0 Å². The Morgan fingerprint density at radius 2 is 1.67 bits per heavy atom. The van der Waals surface area contributed by atoms with Gasteiger partial charge in [0.25, 0.3) is 0 Å². The highest BCUT2D eigenvalue weighted by Gasteiger charge is 2.35. The Labute approximate surface area is 219 Å². The molecule has 0 bridgehead atoms. The third-order valence-corrected chi connectivity index (χ3v) is 5.29. The molecule has 0 aliphatic carbocycles. The fourth-order valence-corrected chi connectivity index (χ4v) is 3.69. The molecule has 0 spiro atoms. The molecule has 3 heterocycles. The Hall–Kier alpha value is -3.47. The van der Waals surface area contributed by atoms with E-state index in [1.807, 2.05) is 17.1 Å². The second-order valence-electron chi connectivity index (χ2n) is 10.2. The molecule has 1 aliphatic rings. The smallest absolute Gasteiger partial charge is 0.427 e. The summed E-state index contributed by atoms with van der Waals surface area (Å²) in [5.74, 6) is -0.163. The highest BCUT2D eigenvalue weighted by Crippen LogP contribution is 2.35. The number of carbonyl (C=O) groups excluding carboxylic acids is 2. The van der Waals surface area contributed by atoms with E-state index in [-0.39, 0.29) is 5.95 Å². The molecule has 10 nitrogen and oxygen atoms in total. The van der Waals surface area contributed by atoms with Gasteiger partial charge in [-0.15, -0.1) is 4.90 Å². The highest BCUT2D eigenvalue weighted by molar-refractivity contribution is 9.11. The maximum atomic E-state index is 13.1. The number of pyridine rings is 1. The van der Waals surface area contributed by atoms with E-state index in [1.54, 1.807) is 73.0 Å². The van der Waals surface area contributed by atoms with Gasteiger partial charge >= 0.3 is 12.2 Å². The van der Waals surface area contributed by atoms with Crippen molar-refractivity contribution >= 4 is 39.8 Å². The topological polar surface area (TPSA) is 124 Å². The van der Waals surface area contributed by atoms with E-state index in [4.69, 9.17) is 15.2 Å². The minimum absolute atomic E-state index is 0.163. The molecule has 2 amide bonds. The lowest BCUT2D eigenvalue weighted by molar-refractivity contribution is 0.0427. The first-order valence-electron chi connectivity index (χ1n) is 11.3. The van der Waals surface area contributed by atoms with Crippen LogP contribution in [0.4, 0.5) is 21.2 Å². The van der Waals surface area contributed by atoms with Crippen LogP contribution < -0.4 is 15.5 Å². The van der Waals surface area contributed by atoms with Gasteiger partial charge in [0.1, 0.15) is 11.2 Å². The zero-order valence-electron chi connectivity index (χ0n) is 21.5. The SMILES string of the molecule is Cc1cc(-c2ccncc2N2CC(N)=CC=C2Br)nc(N(C(=O)OC(C)(C)C)C(=O)OC(C)(C)C)n1. The number of hydrogen-bond acceptors (Lipinski definition) is 9. The largest absolute Gasteiger partial charge is 0.443 e. The van der Waals surface area contributed by atoms with E-state index in [0.717, 1.165) is 10.3 Å². The Balaban J connectivity index is 2.12. The summed E-state index contributed by atoms with van der Waals surface area (Å²) in [7, 11) is 0. The number of allylic oxidation sites excluding steroid dienone is 2. The first-order valence-corrected chi connectivity index (χ1v) is 12.1. The number of rotatable bonds is 3. The van der Waals surface area contributed by atoms with Crippen molar-refractivity contribution in [3.63, 3.8) is 0 Å². The summed E-state index contributed by atoms with van der Waals surface area (Å²) in [5, 5.41) is 0. The number of halogens is 1. The number of anilines is 2. The van der Waals surface area contributed by atoms with Crippen LogP contribution in [0.5, 0.6) is 0 Å². The third kappa shape index (κ3) is 6.81. The molecular weight excluding hydrogens is 528 g/mol. The molecule has 11 heteroatoms. The first kappa shape index (κ1) is 27.1. The van der Waals surface area contributed by atoms with Gasteiger partial charge in [-0.25, -0.2) is 19.6 Å². The van der Waals surface area contributed by atoms with Crippen molar-refractivity contribution in [1.29, 1.82) is 0 Å². The molecule has 3 rings (SSSR count). The number of nitrogens with two attached hydrogens (primary N) is 1. The Morgan fingerprint density at radius 3 is 2.25 bits per heavy atom. The van der Waals surface area contributed by atoms with Crippen molar-refractivity contribution in [1.82, 2.24) is 15.0 Å². The van der Waals surface area contributed by atoms with Crippen molar-refractivity contribution in [2.75, 3.05) is 16.3 Å². The maximum Gasteiger partial charge on any atom is 0.427 e. The van der Waals surface area contributed by atoms with E-state index in [2.05, 4.69) is 30.9 Å². The second kappa shape index (κ2) is 10.3. The lowest BCUT2D eigenvalue weighted by atomic mass is 10.1.